The first-order valence-electron chi connectivity index (χ1n) is 8.36. The van der Waals surface area contributed by atoms with Crippen molar-refractivity contribution in [2.45, 2.75) is 95.6 Å². The van der Waals surface area contributed by atoms with E-state index in [0.29, 0.717) is 6.42 Å². The van der Waals surface area contributed by atoms with Gasteiger partial charge in [0.2, 0.25) is 0 Å². The van der Waals surface area contributed by atoms with Gasteiger partial charge in [-0.05, 0) is 18.6 Å². The molecule has 0 bridgehead atoms. The fourth-order valence-corrected chi connectivity index (χ4v) is 2.59. The van der Waals surface area contributed by atoms with Crippen LogP contribution in [-0.2, 0) is 0 Å². The van der Waals surface area contributed by atoms with E-state index in [1.54, 1.807) is 0 Å². The summed E-state index contributed by atoms with van der Waals surface area (Å²) in [6.07, 6.45) is 5.11. The Hall–Kier alpha value is -0.0000000000000000555. The van der Waals surface area contributed by atoms with Crippen LogP contribution >= 0.6 is 12.6 Å². The Bertz CT molecular complexity index is 253. The van der Waals surface area contributed by atoms with E-state index in [1.807, 2.05) is 0 Å². The highest BCUT2D eigenvalue weighted by Crippen LogP contribution is 2.39. The van der Waals surface area contributed by atoms with Gasteiger partial charge >= 0.3 is 12.1 Å². The molecule has 22 heavy (non-hydrogen) atoms. The van der Waals surface area contributed by atoms with Crippen LogP contribution in [0.5, 0.6) is 0 Å². The highest BCUT2D eigenvalue weighted by Gasteiger charge is 2.56. The van der Waals surface area contributed by atoms with Gasteiger partial charge in [0, 0.05) is 6.42 Å². The molecule has 0 amide bonds. The number of hydrogen-bond donors (Lipinski definition) is 1. The van der Waals surface area contributed by atoms with Gasteiger partial charge < -0.3 is 0 Å². The van der Waals surface area contributed by atoms with Crippen molar-refractivity contribution in [3.05, 3.63) is 0 Å². The second-order valence-corrected chi connectivity index (χ2v) is 6.37. The zero-order valence-corrected chi connectivity index (χ0v) is 14.1. The van der Waals surface area contributed by atoms with Gasteiger partial charge in [-0.15, -0.1) is 0 Å². The van der Waals surface area contributed by atoms with E-state index in [9.17, 15) is 22.0 Å². The van der Waals surface area contributed by atoms with Crippen LogP contribution in [0.1, 0.15) is 83.5 Å². The van der Waals surface area contributed by atoms with Crippen molar-refractivity contribution >= 4 is 12.6 Å². The van der Waals surface area contributed by atoms with E-state index < -0.39 is 18.5 Å². The molecule has 0 N–H and O–H groups in total. The monoisotopic (exact) mass is 348 g/mol. The summed E-state index contributed by atoms with van der Waals surface area (Å²) in [6.45, 7) is 0. The quantitative estimate of drug-likeness (QED) is 0.192. The molecule has 0 spiro atoms. The van der Waals surface area contributed by atoms with Gasteiger partial charge in [0.05, 0.1) is 0 Å². The average Bonchev–Trinajstić information content (AvgIpc) is 2.42. The maximum atomic E-state index is 12.6. The lowest BCUT2D eigenvalue weighted by Crippen LogP contribution is -2.36. The standard InChI is InChI=1S/C16H29F5S/c17-15(18,16(19,20)21)13-11-9-7-5-3-1-2-4-6-8-10-12-14-22/h22H,1-14H2. The van der Waals surface area contributed by atoms with Crippen LogP contribution in [0, 0.1) is 0 Å². The molecule has 0 aromatic heterocycles. The van der Waals surface area contributed by atoms with Crippen LogP contribution in [0.15, 0.2) is 0 Å². The summed E-state index contributed by atoms with van der Waals surface area (Å²) in [7, 11) is 0. The molecule has 0 unspecified atom stereocenters. The van der Waals surface area contributed by atoms with E-state index in [1.165, 1.54) is 38.5 Å². The molecule has 0 heterocycles. The lowest BCUT2D eigenvalue weighted by molar-refractivity contribution is -0.284. The van der Waals surface area contributed by atoms with Crippen LogP contribution in [0.25, 0.3) is 0 Å². The predicted octanol–water partition coefficient (Wildman–Crippen LogP) is 7.19. The predicted molar refractivity (Wildman–Crippen MR) is 84.9 cm³/mol. The smallest absolute Gasteiger partial charge is 0.196 e. The molecule has 0 aliphatic rings. The van der Waals surface area contributed by atoms with Gasteiger partial charge in [-0.1, -0.05) is 64.2 Å². The molecule has 0 radical (unpaired) electrons. The van der Waals surface area contributed by atoms with Gasteiger partial charge in [-0.2, -0.15) is 34.6 Å². The fourth-order valence-electron chi connectivity index (χ4n) is 2.37. The third kappa shape index (κ3) is 11.6. The molecular weight excluding hydrogens is 319 g/mol. The van der Waals surface area contributed by atoms with Crippen LogP contribution in [0.2, 0.25) is 0 Å². The Morgan fingerprint density at radius 1 is 0.500 bits per heavy atom. The summed E-state index contributed by atoms with van der Waals surface area (Å²) < 4.78 is 61.0. The minimum absolute atomic E-state index is 0.0579. The summed E-state index contributed by atoms with van der Waals surface area (Å²) in [5, 5.41) is 0. The molecule has 0 saturated carbocycles. The molecule has 0 aliphatic heterocycles. The van der Waals surface area contributed by atoms with Crippen LogP contribution in [0.4, 0.5) is 22.0 Å². The molecule has 0 atom stereocenters. The Balaban J connectivity index is 3.28. The van der Waals surface area contributed by atoms with Gasteiger partial charge in [0.25, 0.3) is 0 Å². The lowest BCUT2D eigenvalue weighted by atomic mass is 10.0. The first kappa shape index (κ1) is 22.0. The van der Waals surface area contributed by atoms with Crippen molar-refractivity contribution in [1.82, 2.24) is 0 Å². The highest BCUT2D eigenvalue weighted by atomic mass is 32.1. The molecule has 0 aromatic carbocycles. The van der Waals surface area contributed by atoms with E-state index in [0.717, 1.165) is 31.4 Å². The van der Waals surface area contributed by atoms with Crippen molar-refractivity contribution in [3.63, 3.8) is 0 Å². The lowest BCUT2D eigenvalue weighted by Gasteiger charge is -2.19. The molecule has 0 saturated heterocycles. The van der Waals surface area contributed by atoms with Gasteiger partial charge in [0.1, 0.15) is 0 Å². The Labute approximate surface area is 136 Å². The zero-order valence-electron chi connectivity index (χ0n) is 13.2. The highest BCUT2D eigenvalue weighted by molar-refractivity contribution is 7.80. The summed E-state index contributed by atoms with van der Waals surface area (Å²) in [5.41, 5.74) is 0. The zero-order chi connectivity index (χ0) is 16.9. The Morgan fingerprint density at radius 2 is 0.818 bits per heavy atom. The third-order valence-corrected chi connectivity index (χ3v) is 4.13. The summed E-state index contributed by atoms with van der Waals surface area (Å²) in [6, 6.07) is 0. The number of thiol groups is 1. The molecule has 0 rings (SSSR count). The van der Waals surface area contributed by atoms with Crippen molar-refractivity contribution in [1.29, 1.82) is 0 Å². The van der Waals surface area contributed by atoms with Crippen molar-refractivity contribution in [3.8, 4) is 0 Å². The van der Waals surface area contributed by atoms with E-state index in [-0.39, 0.29) is 6.42 Å². The number of halogens is 5. The van der Waals surface area contributed by atoms with Crippen molar-refractivity contribution in [2.24, 2.45) is 0 Å². The van der Waals surface area contributed by atoms with Crippen molar-refractivity contribution < 1.29 is 22.0 Å². The molecule has 0 fully saturated rings. The largest absolute Gasteiger partial charge is 0.453 e. The van der Waals surface area contributed by atoms with Crippen LogP contribution in [-0.4, -0.2) is 17.9 Å². The molecule has 6 heteroatoms. The minimum Gasteiger partial charge on any atom is -0.196 e. The number of hydrogen-bond acceptors (Lipinski definition) is 1. The number of rotatable bonds is 14. The molecule has 0 aliphatic carbocycles. The van der Waals surface area contributed by atoms with E-state index >= 15 is 0 Å². The first-order valence-corrected chi connectivity index (χ1v) is 9.00. The van der Waals surface area contributed by atoms with E-state index in [2.05, 4.69) is 12.6 Å². The summed E-state index contributed by atoms with van der Waals surface area (Å²) >= 11 is 4.16. The van der Waals surface area contributed by atoms with Gasteiger partial charge in [-0.3, -0.25) is 0 Å². The molecule has 0 nitrogen and oxygen atoms in total. The van der Waals surface area contributed by atoms with Crippen LogP contribution < -0.4 is 0 Å². The third-order valence-electron chi connectivity index (χ3n) is 3.81. The SMILES string of the molecule is FC(F)(F)C(F)(F)CCCCCCCCCCCCCCS. The maximum Gasteiger partial charge on any atom is 0.453 e. The van der Waals surface area contributed by atoms with Crippen molar-refractivity contribution in [2.75, 3.05) is 5.75 Å². The Morgan fingerprint density at radius 3 is 1.14 bits per heavy atom. The van der Waals surface area contributed by atoms with Gasteiger partial charge in [-0.25, -0.2) is 0 Å². The fraction of sp³-hybridized carbons (Fsp3) is 1.00. The topological polar surface area (TPSA) is 0 Å². The van der Waals surface area contributed by atoms with Crippen LogP contribution in [0.3, 0.4) is 0 Å². The Kier molecular flexibility index (Phi) is 12.4. The molecular formula is C16H29F5S. The first-order chi connectivity index (χ1) is 10.3. The summed E-state index contributed by atoms with van der Waals surface area (Å²) in [4.78, 5) is 0. The summed E-state index contributed by atoms with van der Waals surface area (Å²) in [5.74, 6) is -3.57. The molecule has 134 valence electrons. The van der Waals surface area contributed by atoms with E-state index in [4.69, 9.17) is 0 Å². The normalized spacial score (nSPS) is 12.8. The average molecular weight is 348 g/mol. The molecule has 0 aromatic rings. The minimum atomic E-state index is -5.40. The number of alkyl halides is 5. The van der Waals surface area contributed by atoms with Gasteiger partial charge in [0.15, 0.2) is 0 Å². The second kappa shape index (κ2) is 12.4. The maximum absolute atomic E-state index is 12.6. The number of unbranched alkanes of at least 4 members (excludes halogenated alkanes) is 11. The second-order valence-electron chi connectivity index (χ2n) is 5.92.